The number of carbonyl (C=O) groups excluding carboxylic acids is 1. The van der Waals surface area contributed by atoms with Gasteiger partial charge in [-0.05, 0) is 36.8 Å². The van der Waals surface area contributed by atoms with Gasteiger partial charge in [0.05, 0.1) is 10.6 Å². The van der Waals surface area contributed by atoms with Gasteiger partial charge in [0.1, 0.15) is 24.0 Å². The largest absolute Gasteiger partial charge is 0.489 e. The molecule has 0 amide bonds. The van der Waals surface area contributed by atoms with Crippen molar-refractivity contribution in [2.24, 2.45) is 0 Å². The van der Waals surface area contributed by atoms with E-state index < -0.39 is 11.6 Å². The van der Waals surface area contributed by atoms with Crippen LogP contribution in [0.2, 0.25) is 5.02 Å². The molecule has 0 saturated heterocycles. The molecule has 0 heterocycles. The van der Waals surface area contributed by atoms with Crippen LogP contribution in [0.25, 0.3) is 0 Å². The van der Waals surface area contributed by atoms with Crippen molar-refractivity contribution in [3.05, 3.63) is 64.2 Å². The Kier molecular flexibility index (Phi) is 4.35. The molecule has 2 rings (SSSR count). The number of hydrogen-bond donors (Lipinski definition) is 0. The Bertz CT molecular complexity index is 656. The summed E-state index contributed by atoms with van der Waals surface area (Å²) >= 11 is 5.57. The quantitative estimate of drug-likeness (QED) is 0.782. The Morgan fingerprint density at radius 2 is 1.90 bits per heavy atom. The third-order valence-corrected chi connectivity index (χ3v) is 3.02. The van der Waals surface area contributed by atoms with E-state index in [0.29, 0.717) is 5.56 Å². The van der Waals surface area contributed by atoms with Crippen LogP contribution in [-0.2, 0) is 6.61 Å². The van der Waals surface area contributed by atoms with Crippen LogP contribution >= 0.6 is 11.6 Å². The number of halogens is 3. The molecule has 0 N–H and O–H groups in total. The van der Waals surface area contributed by atoms with Gasteiger partial charge < -0.3 is 4.74 Å². The number of ether oxygens (including phenoxy) is 1. The molecule has 0 bridgehead atoms. The molecule has 0 aliphatic heterocycles. The number of rotatable bonds is 4. The highest BCUT2D eigenvalue weighted by Crippen LogP contribution is 2.20. The molecule has 0 aliphatic carbocycles. The zero-order chi connectivity index (χ0) is 14.7. The summed E-state index contributed by atoms with van der Waals surface area (Å²) < 4.78 is 32.1. The first-order valence-electron chi connectivity index (χ1n) is 5.84. The maximum Gasteiger partial charge on any atom is 0.162 e. The van der Waals surface area contributed by atoms with Gasteiger partial charge in [0.15, 0.2) is 5.78 Å². The fourth-order valence-electron chi connectivity index (χ4n) is 1.67. The minimum atomic E-state index is -0.641. The lowest BCUT2D eigenvalue weighted by atomic mass is 10.1. The molecule has 0 aliphatic rings. The highest BCUT2D eigenvalue weighted by atomic mass is 35.5. The number of ketones is 1. The van der Waals surface area contributed by atoms with Crippen molar-refractivity contribution in [1.29, 1.82) is 0 Å². The highest BCUT2D eigenvalue weighted by molar-refractivity contribution is 6.30. The Morgan fingerprint density at radius 1 is 1.15 bits per heavy atom. The Hall–Kier alpha value is -1.94. The first-order valence-corrected chi connectivity index (χ1v) is 6.22. The molecule has 0 fully saturated rings. The molecular formula is C15H11ClF2O2. The minimum Gasteiger partial charge on any atom is -0.489 e. The van der Waals surface area contributed by atoms with Crippen molar-refractivity contribution in [3.8, 4) is 5.75 Å². The Morgan fingerprint density at radius 3 is 2.50 bits per heavy atom. The van der Waals surface area contributed by atoms with Crippen LogP contribution < -0.4 is 4.74 Å². The van der Waals surface area contributed by atoms with Gasteiger partial charge in [-0.3, -0.25) is 4.79 Å². The molecule has 2 nitrogen and oxygen atoms in total. The summed E-state index contributed by atoms with van der Waals surface area (Å²) in [6, 6.07) is 8.27. The lowest BCUT2D eigenvalue weighted by Gasteiger charge is -2.08. The van der Waals surface area contributed by atoms with Crippen LogP contribution in [0.3, 0.4) is 0 Å². The molecule has 2 aromatic carbocycles. The van der Waals surface area contributed by atoms with Crippen molar-refractivity contribution >= 4 is 17.4 Å². The van der Waals surface area contributed by atoms with Crippen LogP contribution in [0.15, 0.2) is 36.4 Å². The predicted octanol–water partition coefficient (Wildman–Crippen LogP) is 4.40. The summed E-state index contributed by atoms with van der Waals surface area (Å²) in [5, 5.41) is 0.0330. The zero-order valence-corrected chi connectivity index (χ0v) is 11.4. The van der Waals surface area contributed by atoms with E-state index in [1.165, 1.54) is 31.2 Å². The van der Waals surface area contributed by atoms with E-state index in [0.717, 1.165) is 6.07 Å². The molecule has 0 spiro atoms. The van der Waals surface area contributed by atoms with Gasteiger partial charge in [-0.1, -0.05) is 17.7 Å². The SMILES string of the molecule is CC(=O)c1ccc(OCc2ccc(Cl)c(F)c2)cc1F. The van der Waals surface area contributed by atoms with Crippen molar-refractivity contribution in [1.82, 2.24) is 0 Å². The zero-order valence-electron chi connectivity index (χ0n) is 10.6. The van der Waals surface area contributed by atoms with Gasteiger partial charge in [-0.15, -0.1) is 0 Å². The van der Waals surface area contributed by atoms with Gasteiger partial charge >= 0.3 is 0 Å². The van der Waals surface area contributed by atoms with E-state index in [1.807, 2.05) is 0 Å². The van der Waals surface area contributed by atoms with Crippen molar-refractivity contribution in [3.63, 3.8) is 0 Å². The number of Topliss-reactive ketones (excluding diaryl/α,β-unsaturated/α-hetero) is 1. The van der Waals surface area contributed by atoms with E-state index >= 15 is 0 Å². The molecule has 5 heteroatoms. The van der Waals surface area contributed by atoms with Crippen LogP contribution in [0, 0.1) is 11.6 Å². The van der Waals surface area contributed by atoms with Crippen LogP contribution in [0.5, 0.6) is 5.75 Å². The Balaban J connectivity index is 2.09. The normalized spacial score (nSPS) is 10.4. The molecule has 0 atom stereocenters. The second kappa shape index (κ2) is 6.01. The summed E-state index contributed by atoms with van der Waals surface area (Å²) in [6.07, 6.45) is 0. The summed E-state index contributed by atoms with van der Waals surface area (Å²) in [5.41, 5.74) is 0.581. The van der Waals surface area contributed by atoms with Crippen molar-refractivity contribution < 1.29 is 18.3 Å². The number of carbonyl (C=O) groups is 1. The van der Waals surface area contributed by atoms with Crippen molar-refractivity contribution in [2.45, 2.75) is 13.5 Å². The first kappa shape index (κ1) is 14.5. The molecule has 20 heavy (non-hydrogen) atoms. The standard InChI is InChI=1S/C15H11ClF2O2/c1-9(19)12-4-3-11(7-14(12)17)20-8-10-2-5-13(16)15(18)6-10/h2-7H,8H2,1H3. The molecule has 0 aromatic heterocycles. The smallest absolute Gasteiger partial charge is 0.162 e. The second-order valence-corrected chi connectivity index (χ2v) is 4.64. The molecule has 104 valence electrons. The van der Waals surface area contributed by atoms with E-state index in [9.17, 15) is 13.6 Å². The predicted molar refractivity (Wildman–Crippen MR) is 72.1 cm³/mol. The van der Waals surface area contributed by atoms with Crippen LogP contribution in [0.1, 0.15) is 22.8 Å². The summed E-state index contributed by atoms with van der Waals surface area (Å²) in [7, 11) is 0. The van der Waals surface area contributed by atoms with Crippen LogP contribution in [0.4, 0.5) is 8.78 Å². The molecule has 0 saturated carbocycles. The minimum absolute atomic E-state index is 0.00915. The van der Waals surface area contributed by atoms with E-state index in [2.05, 4.69) is 0 Å². The summed E-state index contributed by atoms with van der Waals surface area (Å²) in [4.78, 5) is 11.1. The lowest BCUT2D eigenvalue weighted by molar-refractivity contribution is 0.101. The average Bonchev–Trinajstić information content (AvgIpc) is 2.40. The maximum absolute atomic E-state index is 13.6. The summed E-state index contributed by atoms with van der Waals surface area (Å²) in [6.45, 7) is 1.36. The molecule has 0 unspecified atom stereocenters. The maximum atomic E-state index is 13.6. The average molecular weight is 297 g/mol. The van der Waals surface area contributed by atoms with Crippen molar-refractivity contribution in [2.75, 3.05) is 0 Å². The van der Waals surface area contributed by atoms with Crippen LogP contribution in [-0.4, -0.2) is 5.78 Å². The van der Waals surface area contributed by atoms with Gasteiger partial charge in [0, 0.05) is 6.07 Å². The van der Waals surface area contributed by atoms with E-state index in [1.54, 1.807) is 6.07 Å². The van der Waals surface area contributed by atoms with E-state index in [-0.39, 0.29) is 28.7 Å². The third-order valence-electron chi connectivity index (χ3n) is 2.71. The fraction of sp³-hybridized carbons (Fsp3) is 0.133. The van der Waals surface area contributed by atoms with Gasteiger partial charge in [-0.25, -0.2) is 8.78 Å². The number of hydrogen-bond acceptors (Lipinski definition) is 2. The molecule has 0 radical (unpaired) electrons. The fourth-order valence-corrected chi connectivity index (χ4v) is 1.78. The topological polar surface area (TPSA) is 26.3 Å². The van der Waals surface area contributed by atoms with Gasteiger partial charge in [-0.2, -0.15) is 0 Å². The molecular weight excluding hydrogens is 286 g/mol. The number of benzene rings is 2. The van der Waals surface area contributed by atoms with E-state index in [4.69, 9.17) is 16.3 Å². The van der Waals surface area contributed by atoms with Gasteiger partial charge in [0.2, 0.25) is 0 Å². The highest BCUT2D eigenvalue weighted by Gasteiger charge is 2.08. The second-order valence-electron chi connectivity index (χ2n) is 4.23. The molecule has 2 aromatic rings. The third kappa shape index (κ3) is 3.33. The lowest BCUT2D eigenvalue weighted by Crippen LogP contribution is -2.00. The Labute approximate surface area is 119 Å². The van der Waals surface area contributed by atoms with Gasteiger partial charge in [0.25, 0.3) is 0 Å². The summed E-state index contributed by atoms with van der Waals surface area (Å²) in [5.74, 6) is -1.26. The monoisotopic (exact) mass is 296 g/mol. The first-order chi connectivity index (χ1) is 9.47.